The Balaban J connectivity index is 1.75. The zero-order valence-corrected chi connectivity index (χ0v) is 16.6. The number of carbonyl (C=O) groups is 1. The minimum Gasteiger partial charge on any atom is -0.497 e. The lowest BCUT2D eigenvalue weighted by molar-refractivity contribution is -0.116. The van der Waals surface area contributed by atoms with E-state index >= 15 is 0 Å². The summed E-state index contributed by atoms with van der Waals surface area (Å²) >= 11 is 1.46. The molecule has 8 heteroatoms. The molecule has 28 heavy (non-hydrogen) atoms. The third-order valence-corrected chi connectivity index (χ3v) is 6.35. The highest BCUT2D eigenvalue weighted by atomic mass is 32.1. The average Bonchev–Trinajstić information content (AvgIpc) is 3.09. The molecule has 2 heterocycles. The molecule has 0 spiro atoms. The van der Waals surface area contributed by atoms with Crippen LogP contribution in [0, 0.1) is 0 Å². The molecule has 0 unspecified atom stereocenters. The summed E-state index contributed by atoms with van der Waals surface area (Å²) in [5, 5.41) is 2.80. The second-order valence-corrected chi connectivity index (χ2v) is 8.01. The number of methoxy groups -OCH3 is 1. The first-order valence-electron chi connectivity index (χ1n) is 9.17. The van der Waals surface area contributed by atoms with Crippen molar-refractivity contribution in [3.05, 3.63) is 55.5 Å². The summed E-state index contributed by atoms with van der Waals surface area (Å²) in [4.78, 5) is 39.2. The van der Waals surface area contributed by atoms with E-state index in [0.717, 1.165) is 40.7 Å². The quantitative estimate of drug-likeness (QED) is 0.730. The van der Waals surface area contributed by atoms with E-state index in [2.05, 4.69) is 5.32 Å². The molecular weight excluding hydrogens is 378 g/mol. The molecule has 0 atom stereocenters. The molecular formula is C20H21N3O4S. The molecule has 3 aromatic rings. The van der Waals surface area contributed by atoms with Gasteiger partial charge < -0.3 is 10.1 Å². The second-order valence-electron chi connectivity index (χ2n) is 6.90. The maximum Gasteiger partial charge on any atom is 0.331 e. The smallest absolute Gasteiger partial charge is 0.331 e. The van der Waals surface area contributed by atoms with Crippen molar-refractivity contribution in [1.82, 2.24) is 9.13 Å². The minimum atomic E-state index is -0.468. The van der Waals surface area contributed by atoms with Crippen molar-refractivity contribution in [2.24, 2.45) is 7.05 Å². The molecule has 2 aromatic heterocycles. The Bertz CT molecular complexity index is 1190. The fraction of sp³-hybridized carbons (Fsp3) is 0.350. The molecule has 0 saturated heterocycles. The Morgan fingerprint density at radius 1 is 1.25 bits per heavy atom. The summed E-state index contributed by atoms with van der Waals surface area (Å²) in [6.45, 7) is -0.149. The van der Waals surface area contributed by atoms with E-state index in [1.54, 1.807) is 31.4 Å². The molecule has 0 radical (unpaired) electrons. The van der Waals surface area contributed by atoms with Crippen molar-refractivity contribution in [2.75, 3.05) is 12.4 Å². The van der Waals surface area contributed by atoms with E-state index in [1.807, 2.05) is 0 Å². The number of benzene rings is 1. The maximum absolute atomic E-state index is 12.8. The standard InChI is InChI=1S/C20H21N3O4S/c1-22-19(25)18-17(14-8-3-4-9-15(14)28-18)23(20(22)26)11-16(24)21-12-6-5-7-13(10-12)27-2/h5-7,10H,3-4,8-9,11H2,1-2H3,(H,21,24). The van der Waals surface area contributed by atoms with Crippen LogP contribution in [0.4, 0.5) is 5.69 Å². The SMILES string of the molecule is COc1cccc(NC(=O)Cn2c(=O)n(C)c(=O)c3sc4c(c32)CCCC4)c1. The Morgan fingerprint density at radius 3 is 2.82 bits per heavy atom. The first-order valence-corrected chi connectivity index (χ1v) is 9.99. The first kappa shape index (κ1) is 18.5. The largest absolute Gasteiger partial charge is 0.497 e. The Morgan fingerprint density at radius 2 is 2.04 bits per heavy atom. The molecule has 1 amide bonds. The third-order valence-electron chi connectivity index (χ3n) is 5.09. The van der Waals surface area contributed by atoms with Crippen molar-refractivity contribution in [1.29, 1.82) is 0 Å². The minimum absolute atomic E-state index is 0.149. The van der Waals surface area contributed by atoms with Gasteiger partial charge in [0.1, 0.15) is 17.0 Å². The number of thiophene rings is 1. The van der Waals surface area contributed by atoms with Gasteiger partial charge in [-0.2, -0.15) is 0 Å². The first-order chi connectivity index (χ1) is 13.5. The monoisotopic (exact) mass is 399 g/mol. The number of ether oxygens (including phenoxy) is 1. The van der Waals surface area contributed by atoms with Gasteiger partial charge in [-0.1, -0.05) is 6.07 Å². The van der Waals surface area contributed by atoms with Crippen LogP contribution in [0.2, 0.25) is 0 Å². The molecule has 1 aliphatic carbocycles. The summed E-state index contributed by atoms with van der Waals surface area (Å²) < 4.78 is 8.25. The summed E-state index contributed by atoms with van der Waals surface area (Å²) in [5.74, 6) is 0.303. The molecule has 4 rings (SSSR count). The number of amides is 1. The van der Waals surface area contributed by atoms with Crippen molar-refractivity contribution >= 4 is 33.1 Å². The molecule has 1 aliphatic rings. The fourth-order valence-corrected chi connectivity index (χ4v) is 5.06. The van der Waals surface area contributed by atoms with E-state index in [-0.39, 0.29) is 18.0 Å². The maximum atomic E-state index is 12.8. The lowest BCUT2D eigenvalue weighted by Gasteiger charge is -2.14. The van der Waals surface area contributed by atoms with Crippen LogP contribution in [0.5, 0.6) is 5.75 Å². The van der Waals surface area contributed by atoms with Crippen molar-refractivity contribution in [2.45, 2.75) is 32.2 Å². The van der Waals surface area contributed by atoms with Crippen LogP contribution in [-0.2, 0) is 31.2 Å². The van der Waals surface area contributed by atoms with Crippen LogP contribution in [0.1, 0.15) is 23.3 Å². The molecule has 0 aliphatic heterocycles. The lowest BCUT2D eigenvalue weighted by Crippen LogP contribution is -2.40. The van der Waals surface area contributed by atoms with Gasteiger partial charge in [-0.25, -0.2) is 4.79 Å². The number of nitrogens with one attached hydrogen (secondary N) is 1. The molecule has 0 bridgehead atoms. The van der Waals surface area contributed by atoms with Gasteiger partial charge in [-0.3, -0.25) is 18.7 Å². The van der Waals surface area contributed by atoms with Crippen LogP contribution < -0.4 is 21.3 Å². The highest BCUT2D eigenvalue weighted by Crippen LogP contribution is 2.34. The Kier molecular flexibility index (Phi) is 4.80. The summed E-state index contributed by atoms with van der Waals surface area (Å²) in [6, 6.07) is 7.03. The normalized spacial score (nSPS) is 13.4. The summed E-state index contributed by atoms with van der Waals surface area (Å²) in [7, 11) is 3.01. The van der Waals surface area contributed by atoms with Crippen molar-refractivity contribution in [3.63, 3.8) is 0 Å². The van der Waals surface area contributed by atoms with Gasteiger partial charge in [0.25, 0.3) is 5.56 Å². The van der Waals surface area contributed by atoms with E-state index in [1.165, 1.54) is 23.0 Å². The number of rotatable bonds is 4. The topological polar surface area (TPSA) is 82.3 Å². The van der Waals surface area contributed by atoms with Crippen LogP contribution in [0.15, 0.2) is 33.9 Å². The summed E-state index contributed by atoms with van der Waals surface area (Å²) in [6.07, 6.45) is 3.86. The number of nitrogens with zero attached hydrogens (tertiary/aromatic N) is 2. The van der Waals surface area contributed by atoms with Crippen molar-refractivity contribution < 1.29 is 9.53 Å². The van der Waals surface area contributed by atoms with Gasteiger partial charge >= 0.3 is 5.69 Å². The molecule has 0 fully saturated rings. The average molecular weight is 399 g/mol. The number of fused-ring (bicyclic) bond motifs is 3. The zero-order chi connectivity index (χ0) is 19.8. The van der Waals surface area contributed by atoms with Crippen LogP contribution >= 0.6 is 11.3 Å². The molecule has 1 N–H and O–H groups in total. The Hall–Kier alpha value is -2.87. The van der Waals surface area contributed by atoms with Gasteiger partial charge in [0.05, 0.1) is 12.6 Å². The molecule has 1 aromatic carbocycles. The van der Waals surface area contributed by atoms with Gasteiger partial charge in [0.2, 0.25) is 5.91 Å². The van der Waals surface area contributed by atoms with E-state index in [9.17, 15) is 14.4 Å². The van der Waals surface area contributed by atoms with Gasteiger partial charge in [0.15, 0.2) is 0 Å². The predicted molar refractivity (Wildman–Crippen MR) is 110 cm³/mol. The number of carbonyl (C=O) groups excluding carboxylic acids is 1. The molecule has 146 valence electrons. The number of aryl methyl sites for hydroxylation is 2. The number of anilines is 1. The number of hydrogen-bond acceptors (Lipinski definition) is 5. The molecule has 7 nitrogen and oxygen atoms in total. The van der Waals surface area contributed by atoms with E-state index < -0.39 is 5.69 Å². The summed E-state index contributed by atoms with van der Waals surface area (Å²) in [5.41, 5.74) is 1.52. The zero-order valence-electron chi connectivity index (χ0n) is 15.8. The Labute approximate surface area is 165 Å². The van der Waals surface area contributed by atoms with Gasteiger partial charge in [0, 0.05) is 23.7 Å². The van der Waals surface area contributed by atoms with E-state index in [4.69, 9.17) is 4.74 Å². The van der Waals surface area contributed by atoms with Crippen LogP contribution in [0.3, 0.4) is 0 Å². The second kappa shape index (κ2) is 7.27. The number of aromatic nitrogens is 2. The highest BCUT2D eigenvalue weighted by Gasteiger charge is 2.23. The molecule has 0 saturated carbocycles. The number of hydrogen-bond donors (Lipinski definition) is 1. The van der Waals surface area contributed by atoms with Crippen LogP contribution in [0.25, 0.3) is 10.2 Å². The highest BCUT2D eigenvalue weighted by molar-refractivity contribution is 7.19. The fourth-order valence-electron chi connectivity index (χ4n) is 3.69. The van der Waals surface area contributed by atoms with E-state index in [0.29, 0.717) is 21.7 Å². The van der Waals surface area contributed by atoms with Crippen molar-refractivity contribution in [3.8, 4) is 5.75 Å². The van der Waals surface area contributed by atoms with Gasteiger partial charge in [-0.05, 0) is 43.4 Å². The lowest BCUT2D eigenvalue weighted by atomic mass is 9.98. The third kappa shape index (κ3) is 3.13. The van der Waals surface area contributed by atoms with Crippen LogP contribution in [-0.4, -0.2) is 22.2 Å². The van der Waals surface area contributed by atoms with Gasteiger partial charge in [-0.15, -0.1) is 11.3 Å². The predicted octanol–water partition coefficient (Wildman–Crippen LogP) is 2.29.